The largest absolute Gasteiger partial charge is 0.345 e. The molecule has 0 fully saturated rings. The van der Waals surface area contributed by atoms with Crippen molar-refractivity contribution in [1.82, 2.24) is 0 Å². The summed E-state index contributed by atoms with van der Waals surface area (Å²) in [5, 5.41) is 0. The highest BCUT2D eigenvalue weighted by Crippen LogP contribution is 2.06. The van der Waals surface area contributed by atoms with Crippen LogP contribution in [0.4, 0.5) is 8.78 Å². The topological polar surface area (TPSA) is 9.23 Å². The molecule has 1 aromatic rings. The smallest absolute Gasteiger partial charge is 0.318 e. The Bertz CT molecular complexity index is 232. The number of aryl methyl sites for hydroxylation is 1. The van der Waals surface area contributed by atoms with Crippen LogP contribution in [0.5, 0.6) is 0 Å². The summed E-state index contributed by atoms with van der Waals surface area (Å²) in [5.41, 5.74) is 1.87. The first-order valence-corrected chi connectivity index (χ1v) is 4.64. The average Bonchev–Trinajstić information content (AvgIpc) is 2.20. The molecule has 0 aromatic heterocycles. The van der Waals surface area contributed by atoms with E-state index < -0.39 is 6.61 Å². The fraction of sp³-hybridized carbons (Fsp3) is 0.455. The van der Waals surface area contributed by atoms with Crippen molar-refractivity contribution in [1.29, 1.82) is 0 Å². The van der Waals surface area contributed by atoms with Crippen LogP contribution in [0.2, 0.25) is 0 Å². The number of hydrogen-bond acceptors (Lipinski definition) is 1. The molecule has 1 aromatic carbocycles. The fourth-order valence-corrected chi connectivity index (χ4v) is 0.844. The minimum atomic E-state index is -2.69. The Morgan fingerprint density at radius 1 is 1.14 bits per heavy atom. The van der Waals surface area contributed by atoms with E-state index in [1.807, 2.05) is 32.9 Å². The lowest BCUT2D eigenvalue weighted by Crippen LogP contribution is -1.98. The number of rotatable bonds is 3. The van der Waals surface area contributed by atoms with Crippen LogP contribution in [-0.2, 0) is 11.3 Å². The summed E-state index contributed by atoms with van der Waals surface area (Å²) in [6, 6.07) is 7.28. The average molecular weight is 202 g/mol. The van der Waals surface area contributed by atoms with Gasteiger partial charge in [-0.25, -0.2) is 0 Å². The normalized spacial score (nSPS) is 9.57. The molecule has 0 heterocycles. The molecule has 0 saturated heterocycles. The van der Waals surface area contributed by atoms with Gasteiger partial charge in [0.05, 0.1) is 6.61 Å². The number of hydrogen-bond donors (Lipinski definition) is 0. The molecule has 1 rings (SSSR count). The molecule has 0 N–H and O–H groups in total. The SMILES string of the molecule is CC.Cc1ccc(COC(F)F)cc1. The highest BCUT2D eigenvalue weighted by atomic mass is 19.3. The molecule has 0 aliphatic rings. The van der Waals surface area contributed by atoms with Crippen LogP contribution in [0, 0.1) is 6.92 Å². The van der Waals surface area contributed by atoms with E-state index in [-0.39, 0.29) is 6.61 Å². The maximum Gasteiger partial charge on any atom is 0.345 e. The zero-order valence-electron chi connectivity index (χ0n) is 8.76. The van der Waals surface area contributed by atoms with Crippen LogP contribution in [0.15, 0.2) is 24.3 Å². The predicted octanol–water partition coefficient (Wildman–Crippen LogP) is 3.76. The Kier molecular flexibility index (Phi) is 6.93. The van der Waals surface area contributed by atoms with Crippen LogP contribution < -0.4 is 0 Å². The molecular weight excluding hydrogens is 186 g/mol. The molecule has 0 radical (unpaired) electrons. The van der Waals surface area contributed by atoms with E-state index in [0.717, 1.165) is 11.1 Å². The van der Waals surface area contributed by atoms with Gasteiger partial charge >= 0.3 is 6.61 Å². The van der Waals surface area contributed by atoms with Crippen LogP contribution in [-0.4, -0.2) is 6.61 Å². The molecule has 1 nitrogen and oxygen atoms in total. The standard InChI is InChI=1S/C9H10F2O.C2H6/c1-7-2-4-8(5-3-7)6-12-9(10)11;1-2/h2-5,9H,6H2,1H3;1-2H3. The van der Waals surface area contributed by atoms with E-state index in [2.05, 4.69) is 4.74 Å². The number of alkyl halides is 2. The molecule has 0 unspecified atom stereocenters. The molecule has 0 atom stereocenters. The second kappa shape index (κ2) is 7.44. The van der Waals surface area contributed by atoms with Gasteiger partial charge in [-0.2, -0.15) is 8.78 Å². The van der Waals surface area contributed by atoms with Gasteiger partial charge in [0.2, 0.25) is 0 Å². The first kappa shape index (κ1) is 13.0. The van der Waals surface area contributed by atoms with Crippen molar-refractivity contribution in [2.75, 3.05) is 0 Å². The van der Waals surface area contributed by atoms with Crippen molar-refractivity contribution in [2.45, 2.75) is 34.0 Å². The summed E-state index contributed by atoms with van der Waals surface area (Å²) in [6.45, 7) is 3.22. The molecule has 80 valence electrons. The summed E-state index contributed by atoms with van der Waals surface area (Å²) < 4.78 is 27.3. The zero-order valence-corrected chi connectivity index (χ0v) is 8.76. The van der Waals surface area contributed by atoms with Crippen molar-refractivity contribution in [3.63, 3.8) is 0 Å². The second-order valence-electron chi connectivity index (χ2n) is 2.56. The lowest BCUT2D eigenvalue weighted by molar-refractivity contribution is -0.137. The summed E-state index contributed by atoms with van der Waals surface area (Å²) in [7, 11) is 0. The summed E-state index contributed by atoms with van der Waals surface area (Å²) in [6.07, 6.45) is 0. The maximum absolute atomic E-state index is 11.6. The zero-order chi connectivity index (χ0) is 11.0. The monoisotopic (exact) mass is 202 g/mol. The van der Waals surface area contributed by atoms with Gasteiger partial charge in [0, 0.05) is 0 Å². The number of halogens is 2. The molecule has 14 heavy (non-hydrogen) atoms. The third-order valence-corrected chi connectivity index (χ3v) is 1.50. The second-order valence-corrected chi connectivity index (χ2v) is 2.56. The Hall–Kier alpha value is -0.960. The van der Waals surface area contributed by atoms with E-state index in [0.29, 0.717) is 0 Å². The Morgan fingerprint density at radius 2 is 1.64 bits per heavy atom. The highest BCUT2D eigenvalue weighted by Gasteiger charge is 2.01. The van der Waals surface area contributed by atoms with Gasteiger partial charge in [-0.3, -0.25) is 0 Å². The summed E-state index contributed by atoms with van der Waals surface area (Å²) >= 11 is 0. The van der Waals surface area contributed by atoms with Crippen molar-refractivity contribution in [3.05, 3.63) is 35.4 Å². The highest BCUT2D eigenvalue weighted by molar-refractivity contribution is 5.20. The van der Waals surface area contributed by atoms with E-state index in [1.165, 1.54) is 0 Å². The van der Waals surface area contributed by atoms with Gasteiger partial charge in [-0.1, -0.05) is 43.7 Å². The molecule has 0 spiro atoms. The van der Waals surface area contributed by atoms with E-state index in [4.69, 9.17) is 0 Å². The molecule has 0 aliphatic carbocycles. The van der Waals surface area contributed by atoms with Crippen LogP contribution in [0.25, 0.3) is 0 Å². The Balaban J connectivity index is 0.000000791. The molecule has 0 saturated carbocycles. The van der Waals surface area contributed by atoms with Crippen molar-refractivity contribution < 1.29 is 13.5 Å². The number of benzene rings is 1. The van der Waals surface area contributed by atoms with Gasteiger partial charge in [0.25, 0.3) is 0 Å². The molecule has 0 bridgehead atoms. The summed E-state index contributed by atoms with van der Waals surface area (Å²) in [5.74, 6) is 0. The third-order valence-electron chi connectivity index (χ3n) is 1.50. The molecular formula is C11H16F2O. The lowest BCUT2D eigenvalue weighted by Gasteiger charge is -2.02. The van der Waals surface area contributed by atoms with E-state index >= 15 is 0 Å². The van der Waals surface area contributed by atoms with E-state index in [9.17, 15) is 8.78 Å². The van der Waals surface area contributed by atoms with Crippen LogP contribution >= 0.6 is 0 Å². The van der Waals surface area contributed by atoms with Crippen molar-refractivity contribution in [2.24, 2.45) is 0 Å². The van der Waals surface area contributed by atoms with Gasteiger partial charge in [-0.15, -0.1) is 0 Å². The summed E-state index contributed by atoms with van der Waals surface area (Å²) in [4.78, 5) is 0. The molecule has 3 heteroatoms. The minimum absolute atomic E-state index is 0.0298. The molecule has 0 amide bonds. The number of ether oxygens (including phenoxy) is 1. The van der Waals surface area contributed by atoms with Crippen molar-refractivity contribution in [3.8, 4) is 0 Å². The van der Waals surface area contributed by atoms with E-state index in [1.54, 1.807) is 12.1 Å². The predicted molar refractivity (Wildman–Crippen MR) is 53.3 cm³/mol. The van der Waals surface area contributed by atoms with Crippen molar-refractivity contribution >= 4 is 0 Å². The third kappa shape index (κ3) is 5.65. The maximum atomic E-state index is 11.6. The molecule has 0 aliphatic heterocycles. The first-order chi connectivity index (χ1) is 6.68. The minimum Gasteiger partial charge on any atom is -0.318 e. The van der Waals surface area contributed by atoms with Crippen LogP contribution in [0.1, 0.15) is 25.0 Å². The quantitative estimate of drug-likeness (QED) is 0.725. The Morgan fingerprint density at radius 3 is 2.07 bits per heavy atom. The Labute approximate surface area is 83.7 Å². The lowest BCUT2D eigenvalue weighted by atomic mass is 10.2. The van der Waals surface area contributed by atoms with Crippen LogP contribution in [0.3, 0.4) is 0 Å². The fourth-order valence-electron chi connectivity index (χ4n) is 0.844. The first-order valence-electron chi connectivity index (χ1n) is 4.64. The van der Waals surface area contributed by atoms with Gasteiger partial charge < -0.3 is 4.74 Å². The van der Waals surface area contributed by atoms with Gasteiger partial charge in [0.15, 0.2) is 0 Å². The van der Waals surface area contributed by atoms with Gasteiger partial charge in [0.1, 0.15) is 0 Å². The van der Waals surface area contributed by atoms with Gasteiger partial charge in [-0.05, 0) is 12.5 Å².